The maximum atomic E-state index is 8.81. The molecule has 0 radical (unpaired) electrons. The first-order valence-corrected chi connectivity index (χ1v) is 9.85. The molecule has 3 fully saturated rings. The maximum absolute atomic E-state index is 8.81. The number of hydrogen-bond acceptors (Lipinski definition) is 4. The van der Waals surface area contributed by atoms with E-state index >= 15 is 0 Å². The summed E-state index contributed by atoms with van der Waals surface area (Å²) in [5.41, 5.74) is 3.48. The molecule has 2 bridgehead atoms. The van der Waals surface area contributed by atoms with Crippen molar-refractivity contribution in [1.29, 1.82) is 0 Å². The molecule has 3 aliphatic heterocycles. The second-order valence-corrected chi connectivity index (χ2v) is 7.70. The fourth-order valence-electron chi connectivity index (χ4n) is 4.39. The van der Waals surface area contributed by atoms with Crippen molar-refractivity contribution in [3.8, 4) is 11.8 Å². The van der Waals surface area contributed by atoms with Crippen LogP contribution in [0.4, 0.5) is 0 Å². The van der Waals surface area contributed by atoms with Crippen LogP contribution in [0.5, 0.6) is 0 Å². The number of fused-ring (bicyclic) bond motifs is 4. The van der Waals surface area contributed by atoms with Gasteiger partial charge in [-0.25, -0.2) is 0 Å². The summed E-state index contributed by atoms with van der Waals surface area (Å²) < 4.78 is 0. The molecule has 0 unspecified atom stereocenters. The van der Waals surface area contributed by atoms with Crippen LogP contribution in [0.15, 0.2) is 48.7 Å². The number of rotatable bonds is 4. The lowest BCUT2D eigenvalue weighted by Gasteiger charge is -2.36. The molecule has 3 aliphatic rings. The molecule has 27 heavy (non-hydrogen) atoms. The van der Waals surface area contributed by atoms with Gasteiger partial charge in [-0.1, -0.05) is 30.0 Å². The number of nitrogens with zero attached hydrogens (tertiary/aromatic N) is 3. The third-order valence-electron chi connectivity index (χ3n) is 5.67. The van der Waals surface area contributed by atoms with Crippen LogP contribution in [0.1, 0.15) is 29.7 Å². The molecule has 4 heteroatoms. The van der Waals surface area contributed by atoms with Crippen LogP contribution in [0, 0.1) is 17.8 Å². The highest BCUT2D eigenvalue weighted by Crippen LogP contribution is 2.29. The Bertz CT molecular complexity index is 794. The van der Waals surface area contributed by atoms with Crippen LogP contribution < -0.4 is 0 Å². The zero-order chi connectivity index (χ0) is 18.5. The van der Waals surface area contributed by atoms with Gasteiger partial charge < -0.3 is 5.11 Å². The van der Waals surface area contributed by atoms with Gasteiger partial charge in [0.2, 0.25) is 0 Å². The highest BCUT2D eigenvalue weighted by molar-refractivity contribution is 5.36. The highest BCUT2D eigenvalue weighted by Gasteiger charge is 2.34. The van der Waals surface area contributed by atoms with Crippen molar-refractivity contribution in [3.05, 3.63) is 65.5 Å². The van der Waals surface area contributed by atoms with Gasteiger partial charge in [0.05, 0.1) is 5.69 Å². The molecule has 2 aromatic rings. The third kappa shape index (κ3) is 4.75. The summed E-state index contributed by atoms with van der Waals surface area (Å²) in [7, 11) is 0. The molecular formula is C23H27N3O. The summed E-state index contributed by atoms with van der Waals surface area (Å²) in [4.78, 5) is 9.77. The minimum atomic E-state index is -0.0897. The topological polar surface area (TPSA) is 39.6 Å². The molecule has 1 N–H and O–H groups in total. The standard InChI is InChI=1S/C23H27N3O/c27-13-3-4-19-6-8-20(9-7-19)15-26-16-21-10-11-23(26)18-25(14-21)17-22-5-1-2-12-24-22/h1-2,5-9,12,21,23,27H,10-11,13-18H2/t21-,23+/m1/s1. The largest absolute Gasteiger partial charge is 0.384 e. The first-order valence-electron chi connectivity index (χ1n) is 9.85. The Kier molecular flexibility index (Phi) is 5.84. The zero-order valence-corrected chi connectivity index (χ0v) is 15.7. The molecule has 1 aromatic heterocycles. The van der Waals surface area contributed by atoms with Crippen molar-refractivity contribution < 1.29 is 5.11 Å². The van der Waals surface area contributed by atoms with Gasteiger partial charge in [-0.05, 0) is 48.6 Å². The fraction of sp³-hybridized carbons (Fsp3) is 0.435. The Balaban J connectivity index is 1.40. The van der Waals surface area contributed by atoms with E-state index in [4.69, 9.17) is 5.11 Å². The highest BCUT2D eigenvalue weighted by atomic mass is 16.2. The predicted molar refractivity (Wildman–Crippen MR) is 107 cm³/mol. The lowest BCUT2D eigenvalue weighted by Crippen LogP contribution is -2.43. The van der Waals surface area contributed by atoms with Gasteiger partial charge in [0.1, 0.15) is 6.61 Å². The number of pyridine rings is 1. The van der Waals surface area contributed by atoms with Crippen LogP contribution in [0.3, 0.4) is 0 Å². The minimum absolute atomic E-state index is 0.0897. The smallest absolute Gasteiger partial charge is 0.104 e. The fourth-order valence-corrected chi connectivity index (χ4v) is 4.39. The number of benzene rings is 1. The van der Waals surface area contributed by atoms with Gasteiger partial charge in [0, 0.05) is 50.5 Å². The summed E-state index contributed by atoms with van der Waals surface area (Å²) in [5, 5.41) is 8.81. The van der Waals surface area contributed by atoms with Crippen molar-refractivity contribution in [3.63, 3.8) is 0 Å². The Labute approximate surface area is 161 Å². The summed E-state index contributed by atoms with van der Waals surface area (Å²) >= 11 is 0. The van der Waals surface area contributed by atoms with Gasteiger partial charge in [0.15, 0.2) is 0 Å². The lowest BCUT2D eigenvalue weighted by atomic mass is 9.94. The first kappa shape index (κ1) is 18.2. The van der Waals surface area contributed by atoms with E-state index in [0.717, 1.165) is 31.1 Å². The molecule has 0 aliphatic carbocycles. The van der Waals surface area contributed by atoms with Crippen LogP contribution in [0.25, 0.3) is 0 Å². The molecule has 5 rings (SSSR count). The molecular weight excluding hydrogens is 334 g/mol. The Morgan fingerprint density at radius 1 is 1.00 bits per heavy atom. The van der Waals surface area contributed by atoms with E-state index in [-0.39, 0.29) is 6.61 Å². The summed E-state index contributed by atoms with van der Waals surface area (Å²) in [6.07, 6.45) is 4.53. The molecule has 1 aromatic carbocycles. The maximum Gasteiger partial charge on any atom is 0.104 e. The molecule has 4 heterocycles. The summed E-state index contributed by atoms with van der Waals surface area (Å²) in [6, 6.07) is 15.3. The Hall–Kier alpha value is -2.19. The van der Waals surface area contributed by atoms with Gasteiger partial charge in [-0.3, -0.25) is 14.8 Å². The molecule has 2 atom stereocenters. The second kappa shape index (κ2) is 8.67. The number of hydrogen-bond donors (Lipinski definition) is 1. The van der Waals surface area contributed by atoms with Crippen molar-refractivity contribution >= 4 is 0 Å². The quantitative estimate of drug-likeness (QED) is 0.850. The Morgan fingerprint density at radius 2 is 1.89 bits per heavy atom. The van der Waals surface area contributed by atoms with E-state index in [1.54, 1.807) is 0 Å². The molecule has 0 saturated carbocycles. The van der Waals surface area contributed by atoms with E-state index in [2.05, 4.69) is 63.0 Å². The van der Waals surface area contributed by atoms with Crippen LogP contribution in [0.2, 0.25) is 0 Å². The van der Waals surface area contributed by atoms with E-state index in [1.807, 2.05) is 12.3 Å². The first-order chi connectivity index (χ1) is 13.3. The molecule has 140 valence electrons. The van der Waals surface area contributed by atoms with E-state index in [9.17, 15) is 0 Å². The summed E-state index contributed by atoms with van der Waals surface area (Å²) in [6.45, 7) is 5.38. The van der Waals surface area contributed by atoms with Crippen molar-refractivity contribution in [2.45, 2.75) is 32.0 Å². The molecule has 3 saturated heterocycles. The van der Waals surface area contributed by atoms with Gasteiger partial charge >= 0.3 is 0 Å². The monoisotopic (exact) mass is 361 g/mol. The molecule has 4 nitrogen and oxygen atoms in total. The van der Waals surface area contributed by atoms with E-state index in [1.165, 1.54) is 37.2 Å². The van der Waals surface area contributed by atoms with Gasteiger partial charge in [0.25, 0.3) is 0 Å². The van der Waals surface area contributed by atoms with Gasteiger partial charge in [-0.15, -0.1) is 0 Å². The lowest BCUT2D eigenvalue weighted by molar-refractivity contribution is 0.123. The van der Waals surface area contributed by atoms with Gasteiger partial charge in [-0.2, -0.15) is 0 Å². The number of aliphatic hydroxyl groups is 1. The number of aliphatic hydroxyl groups excluding tert-OH is 1. The third-order valence-corrected chi connectivity index (χ3v) is 5.67. The van der Waals surface area contributed by atoms with Crippen LogP contribution in [-0.4, -0.2) is 52.2 Å². The van der Waals surface area contributed by atoms with Crippen molar-refractivity contribution in [2.75, 3.05) is 26.2 Å². The van der Waals surface area contributed by atoms with E-state index < -0.39 is 0 Å². The zero-order valence-electron chi connectivity index (χ0n) is 15.7. The summed E-state index contributed by atoms with van der Waals surface area (Å²) in [5.74, 6) is 6.42. The SMILES string of the molecule is OCC#Cc1ccc(CN2C[C@@H]3CC[C@H]2CN(Cc2ccccn2)C3)cc1. The van der Waals surface area contributed by atoms with Crippen LogP contribution >= 0.6 is 0 Å². The average molecular weight is 361 g/mol. The minimum Gasteiger partial charge on any atom is -0.384 e. The normalized spacial score (nSPS) is 22.9. The number of piperidine rings is 1. The molecule has 0 amide bonds. The van der Waals surface area contributed by atoms with Crippen molar-refractivity contribution in [1.82, 2.24) is 14.8 Å². The van der Waals surface area contributed by atoms with Crippen LogP contribution in [-0.2, 0) is 13.1 Å². The molecule has 0 spiro atoms. The number of aromatic nitrogens is 1. The van der Waals surface area contributed by atoms with E-state index in [0.29, 0.717) is 6.04 Å². The Morgan fingerprint density at radius 3 is 2.67 bits per heavy atom. The average Bonchev–Trinajstić information content (AvgIpc) is 2.99. The van der Waals surface area contributed by atoms with Crippen molar-refractivity contribution in [2.24, 2.45) is 5.92 Å². The second-order valence-electron chi connectivity index (χ2n) is 7.70. The predicted octanol–water partition coefficient (Wildman–Crippen LogP) is 2.52.